The van der Waals surface area contributed by atoms with Crippen LogP contribution in [-0.2, 0) is 10.0 Å². The predicted molar refractivity (Wildman–Crippen MR) is 101 cm³/mol. The number of sulfonamides is 1. The van der Waals surface area contributed by atoms with Gasteiger partial charge in [0.15, 0.2) is 0 Å². The molecule has 2 N–H and O–H groups in total. The van der Waals surface area contributed by atoms with Crippen LogP contribution in [0, 0.1) is 0 Å². The lowest BCUT2D eigenvalue weighted by Gasteiger charge is -2.27. The molecule has 0 bridgehead atoms. The van der Waals surface area contributed by atoms with Crippen LogP contribution in [-0.4, -0.2) is 57.9 Å². The molecular formula is C17H29ClN3O3S+. The number of hydrogen-bond donors (Lipinski definition) is 2. The molecule has 0 atom stereocenters. The fourth-order valence-corrected chi connectivity index (χ4v) is 3.84. The van der Waals surface area contributed by atoms with Gasteiger partial charge in [-0.3, -0.25) is 4.79 Å². The number of carbonyl (C=O) groups excluding carboxylic acids is 1. The van der Waals surface area contributed by atoms with Gasteiger partial charge in [0, 0.05) is 14.1 Å². The Morgan fingerprint density at radius 1 is 1.20 bits per heavy atom. The second kappa shape index (κ2) is 8.98. The number of nitrogens with one attached hydrogen (secondary N) is 2. The van der Waals surface area contributed by atoms with E-state index in [1.807, 2.05) is 0 Å². The highest BCUT2D eigenvalue weighted by Crippen LogP contribution is 2.22. The van der Waals surface area contributed by atoms with E-state index in [0.717, 1.165) is 10.8 Å². The molecule has 0 saturated carbocycles. The Morgan fingerprint density at radius 2 is 1.76 bits per heavy atom. The Kier molecular flexibility index (Phi) is 7.87. The van der Waals surface area contributed by atoms with Crippen molar-refractivity contribution >= 4 is 27.5 Å². The van der Waals surface area contributed by atoms with Crippen LogP contribution in [0.15, 0.2) is 23.1 Å². The molecule has 0 fully saturated rings. The van der Waals surface area contributed by atoms with Crippen molar-refractivity contribution in [2.24, 2.45) is 0 Å². The van der Waals surface area contributed by atoms with E-state index in [0.29, 0.717) is 18.6 Å². The van der Waals surface area contributed by atoms with E-state index in [1.54, 1.807) is 0 Å². The van der Waals surface area contributed by atoms with Crippen molar-refractivity contribution in [2.75, 3.05) is 27.2 Å². The summed E-state index contributed by atoms with van der Waals surface area (Å²) < 4.78 is 25.5. The molecule has 0 aliphatic carbocycles. The fraction of sp³-hybridized carbons (Fsp3) is 0.588. The number of rotatable bonds is 8. The highest BCUT2D eigenvalue weighted by Gasteiger charge is 2.21. The van der Waals surface area contributed by atoms with E-state index < -0.39 is 10.0 Å². The zero-order chi connectivity index (χ0) is 19.4. The normalized spacial score (nSPS) is 12.4. The SMILES string of the molecule is CC(C)[NH+](CCNC(=O)c1cc(S(=O)(=O)N(C)C)ccc1Cl)C(C)C. The summed E-state index contributed by atoms with van der Waals surface area (Å²) in [6.45, 7) is 9.85. The third-order valence-electron chi connectivity index (χ3n) is 4.14. The van der Waals surface area contributed by atoms with E-state index in [9.17, 15) is 13.2 Å². The number of halogens is 1. The van der Waals surface area contributed by atoms with Gasteiger partial charge in [0.25, 0.3) is 5.91 Å². The Balaban J connectivity index is 2.89. The zero-order valence-corrected chi connectivity index (χ0v) is 17.3. The summed E-state index contributed by atoms with van der Waals surface area (Å²) in [7, 11) is -0.729. The largest absolute Gasteiger partial charge is 0.346 e. The zero-order valence-electron chi connectivity index (χ0n) is 15.8. The lowest BCUT2D eigenvalue weighted by molar-refractivity contribution is -0.941. The molecule has 8 heteroatoms. The molecule has 0 unspecified atom stereocenters. The first-order chi connectivity index (χ1) is 11.5. The molecule has 25 heavy (non-hydrogen) atoms. The quantitative estimate of drug-likeness (QED) is 0.696. The van der Waals surface area contributed by atoms with Gasteiger partial charge in [0.1, 0.15) is 0 Å². The van der Waals surface area contributed by atoms with Crippen molar-refractivity contribution in [3.63, 3.8) is 0 Å². The number of quaternary nitrogens is 1. The Bertz CT molecular complexity index is 695. The lowest BCUT2D eigenvalue weighted by Crippen LogP contribution is -3.18. The van der Waals surface area contributed by atoms with Crippen LogP contribution in [0.2, 0.25) is 5.02 Å². The van der Waals surface area contributed by atoms with Crippen LogP contribution in [0.4, 0.5) is 0 Å². The van der Waals surface area contributed by atoms with Crippen molar-refractivity contribution in [1.29, 1.82) is 0 Å². The van der Waals surface area contributed by atoms with Gasteiger partial charge in [-0.2, -0.15) is 0 Å². The smallest absolute Gasteiger partial charge is 0.253 e. The molecule has 0 aromatic heterocycles. The minimum atomic E-state index is -3.62. The van der Waals surface area contributed by atoms with E-state index >= 15 is 0 Å². The fourth-order valence-electron chi connectivity index (χ4n) is 2.71. The van der Waals surface area contributed by atoms with Crippen LogP contribution < -0.4 is 10.2 Å². The molecular weight excluding hydrogens is 362 g/mol. The summed E-state index contributed by atoms with van der Waals surface area (Å²) in [5, 5.41) is 3.06. The van der Waals surface area contributed by atoms with Gasteiger partial charge in [0.2, 0.25) is 10.0 Å². The van der Waals surface area contributed by atoms with Gasteiger partial charge >= 0.3 is 0 Å². The Morgan fingerprint density at radius 3 is 2.24 bits per heavy atom. The summed E-state index contributed by atoms with van der Waals surface area (Å²) in [5.74, 6) is -0.368. The maximum atomic E-state index is 12.4. The van der Waals surface area contributed by atoms with Gasteiger partial charge < -0.3 is 10.2 Å². The van der Waals surface area contributed by atoms with Gasteiger partial charge in [-0.05, 0) is 45.9 Å². The Hall–Kier alpha value is -1.15. The highest BCUT2D eigenvalue weighted by atomic mass is 35.5. The monoisotopic (exact) mass is 390 g/mol. The molecule has 142 valence electrons. The number of nitrogens with zero attached hydrogens (tertiary/aromatic N) is 1. The first-order valence-corrected chi connectivity index (χ1v) is 10.2. The summed E-state index contributed by atoms with van der Waals surface area (Å²) in [6, 6.07) is 5.07. The lowest BCUT2D eigenvalue weighted by atomic mass is 10.2. The van der Waals surface area contributed by atoms with Crippen molar-refractivity contribution < 1.29 is 18.1 Å². The minimum absolute atomic E-state index is 0.0451. The molecule has 0 radical (unpaired) electrons. The van der Waals surface area contributed by atoms with Crippen LogP contribution in [0.3, 0.4) is 0 Å². The third kappa shape index (κ3) is 5.67. The Labute approximate surface area is 156 Å². The minimum Gasteiger partial charge on any atom is -0.346 e. The average Bonchev–Trinajstić information content (AvgIpc) is 2.50. The summed E-state index contributed by atoms with van der Waals surface area (Å²) in [4.78, 5) is 13.9. The first-order valence-electron chi connectivity index (χ1n) is 8.34. The van der Waals surface area contributed by atoms with Crippen molar-refractivity contribution in [3.8, 4) is 0 Å². The molecule has 0 aliphatic heterocycles. The summed E-state index contributed by atoms with van der Waals surface area (Å²) in [5.41, 5.74) is 0.167. The van der Waals surface area contributed by atoms with Crippen LogP contribution in [0.5, 0.6) is 0 Å². The molecule has 1 aromatic rings. The average molecular weight is 391 g/mol. The molecule has 1 rings (SSSR count). The van der Waals surface area contributed by atoms with Crippen molar-refractivity contribution in [1.82, 2.24) is 9.62 Å². The molecule has 1 amide bonds. The maximum Gasteiger partial charge on any atom is 0.253 e. The van der Waals surface area contributed by atoms with Crippen molar-refractivity contribution in [2.45, 2.75) is 44.7 Å². The van der Waals surface area contributed by atoms with Crippen molar-refractivity contribution in [3.05, 3.63) is 28.8 Å². The number of carbonyl (C=O) groups is 1. The van der Waals surface area contributed by atoms with E-state index in [-0.39, 0.29) is 21.4 Å². The molecule has 0 aliphatic rings. The summed E-state index contributed by atoms with van der Waals surface area (Å²) in [6.07, 6.45) is 0. The van der Waals surface area contributed by atoms with Crippen LogP contribution in [0.25, 0.3) is 0 Å². The number of hydrogen-bond acceptors (Lipinski definition) is 3. The molecule has 0 spiro atoms. The van der Waals surface area contributed by atoms with Crippen LogP contribution >= 0.6 is 11.6 Å². The van der Waals surface area contributed by atoms with Gasteiger partial charge in [-0.15, -0.1) is 0 Å². The first kappa shape index (κ1) is 21.9. The highest BCUT2D eigenvalue weighted by molar-refractivity contribution is 7.89. The standard InChI is InChI=1S/C17H28ClN3O3S/c1-12(2)21(13(3)4)10-9-19-17(22)15-11-14(7-8-16(15)18)25(23,24)20(5)6/h7-8,11-13H,9-10H2,1-6H3,(H,19,22)/p+1. The van der Waals surface area contributed by atoms with E-state index in [1.165, 1.54) is 37.2 Å². The topological polar surface area (TPSA) is 70.9 Å². The molecule has 1 aromatic carbocycles. The second-order valence-electron chi connectivity index (χ2n) is 6.82. The maximum absolute atomic E-state index is 12.4. The van der Waals surface area contributed by atoms with Crippen LogP contribution in [0.1, 0.15) is 38.1 Å². The second-order valence-corrected chi connectivity index (χ2v) is 9.38. The summed E-state index contributed by atoms with van der Waals surface area (Å²) >= 11 is 6.09. The number of amides is 1. The molecule has 0 heterocycles. The van der Waals surface area contributed by atoms with Gasteiger partial charge in [0.05, 0.1) is 40.7 Å². The number of benzene rings is 1. The molecule has 0 saturated heterocycles. The van der Waals surface area contributed by atoms with Gasteiger partial charge in [-0.25, -0.2) is 12.7 Å². The van der Waals surface area contributed by atoms with E-state index in [2.05, 4.69) is 33.0 Å². The molecule has 6 nitrogen and oxygen atoms in total. The predicted octanol–water partition coefficient (Wildman–Crippen LogP) is 1.02. The van der Waals surface area contributed by atoms with E-state index in [4.69, 9.17) is 11.6 Å². The van der Waals surface area contributed by atoms with Gasteiger partial charge in [-0.1, -0.05) is 11.6 Å². The third-order valence-corrected chi connectivity index (χ3v) is 6.28.